The van der Waals surface area contributed by atoms with Gasteiger partial charge >= 0.3 is 0 Å². The Balaban J connectivity index is 0.000000712. The van der Waals surface area contributed by atoms with Crippen LogP contribution in [-0.2, 0) is 4.79 Å². The summed E-state index contributed by atoms with van der Waals surface area (Å²) in [6, 6.07) is 5.49. The van der Waals surface area contributed by atoms with Gasteiger partial charge in [0.2, 0.25) is 0 Å². The molecule has 0 aromatic heterocycles. The highest BCUT2D eigenvalue weighted by Crippen LogP contribution is 2.30. The number of aliphatic hydroxyl groups excluding tert-OH is 2. The SMILES string of the molecule is C#C.CCCCCCCO.Cc1cc(C(C)C(O)CC[C@H]2CCC(=O)C2)ccc1O. The lowest BCUT2D eigenvalue weighted by Crippen LogP contribution is -2.17. The third kappa shape index (κ3) is 11.4. The van der Waals surface area contributed by atoms with Gasteiger partial charge in [-0.3, -0.25) is 4.79 Å². The molecule has 2 unspecified atom stereocenters. The Bertz CT molecular complexity index is 602. The number of hydrogen-bond donors (Lipinski definition) is 3. The molecule has 0 saturated heterocycles. The zero-order valence-corrected chi connectivity index (χ0v) is 19.1. The molecule has 4 heteroatoms. The van der Waals surface area contributed by atoms with E-state index in [1.54, 1.807) is 6.07 Å². The maximum atomic E-state index is 11.2. The van der Waals surface area contributed by atoms with Gasteiger partial charge in [-0.25, -0.2) is 0 Å². The Labute approximate surface area is 183 Å². The zero-order chi connectivity index (χ0) is 22.9. The van der Waals surface area contributed by atoms with Gasteiger partial charge in [0.1, 0.15) is 11.5 Å². The molecule has 1 aromatic carbocycles. The maximum Gasteiger partial charge on any atom is 0.133 e. The van der Waals surface area contributed by atoms with Crippen LogP contribution < -0.4 is 0 Å². The minimum atomic E-state index is -0.394. The van der Waals surface area contributed by atoms with E-state index in [4.69, 9.17) is 5.11 Å². The molecule has 170 valence electrons. The molecule has 3 atom stereocenters. The highest BCUT2D eigenvalue weighted by molar-refractivity contribution is 5.80. The number of terminal acetylenes is 1. The smallest absolute Gasteiger partial charge is 0.133 e. The van der Waals surface area contributed by atoms with Gasteiger partial charge in [0.25, 0.3) is 0 Å². The number of phenols is 1. The average Bonchev–Trinajstić information content (AvgIpc) is 3.18. The molecule has 1 aliphatic carbocycles. The van der Waals surface area contributed by atoms with Gasteiger partial charge in [-0.1, -0.05) is 51.7 Å². The van der Waals surface area contributed by atoms with E-state index in [1.165, 1.54) is 25.7 Å². The molecule has 0 radical (unpaired) electrons. The first-order chi connectivity index (χ1) is 14.4. The number of unbranched alkanes of at least 4 members (excludes halogenated alkanes) is 4. The molecule has 1 aromatic rings. The number of Topliss-reactive ketones (excluding diaryl/α,β-unsaturated/α-hetero) is 1. The molecular weight excluding hydrogens is 376 g/mol. The van der Waals surface area contributed by atoms with E-state index in [-0.39, 0.29) is 5.92 Å². The Morgan fingerprint density at radius 2 is 1.83 bits per heavy atom. The number of ketones is 1. The monoisotopic (exact) mass is 418 g/mol. The molecule has 0 spiro atoms. The largest absolute Gasteiger partial charge is 0.508 e. The molecule has 0 aliphatic heterocycles. The molecule has 0 heterocycles. The van der Waals surface area contributed by atoms with Crippen molar-refractivity contribution in [1.82, 2.24) is 0 Å². The number of aryl methyl sites for hydroxylation is 1. The molecule has 2 rings (SSSR count). The Morgan fingerprint density at radius 3 is 2.37 bits per heavy atom. The van der Waals surface area contributed by atoms with Crippen molar-refractivity contribution in [1.29, 1.82) is 0 Å². The highest BCUT2D eigenvalue weighted by Gasteiger charge is 2.24. The molecule has 0 amide bonds. The average molecular weight is 419 g/mol. The van der Waals surface area contributed by atoms with Crippen molar-refractivity contribution in [2.75, 3.05) is 6.61 Å². The Hall–Kier alpha value is -1.83. The number of carbonyl (C=O) groups is 1. The van der Waals surface area contributed by atoms with Crippen LogP contribution in [0, 0.1) is 25.7 Å². The van der Waals surface area contributed by atoms with E-state index >= 15 is 0 Å². The summed E-state index contributed by atoms with van der Waals surface area (Å²) in [6.07, 6.45) is 17.7. The van der Waals surface area contributed by atoms with Gasteiger partial charge < -0.3 is 15.3 Å². The third-order valence-corrected chi connectivity index (χ3v) is 5.80. The fraction of sp³-hybridized carbons (Fsp3) is 0.654. The van der Waals surface area contributed by atoms with Gasteiger partial charge in [-0.15, -0.1) is 12.8 Å². The van der Waals surface area contributed by atoms with Gasteiger partial charge in [-0.2, -0.15) is 0 Å². The minimum absolute atomic E-state index is 0.0476. The summed E-state index contributed by atoms with van der Waals surface area (Å²) < 4.78 is 0. The summed E-state index contributed by atoms with van der Waals surface area (Å²) >= 11 is 0. The van der Waals surface area contributed by atoms with Gasteiger partial charge in [0.15, 0.2) is 0 Å². The van der Waals surface area contributed by atoms with Crippen LogP contribution in [0.1, 0.15) is 95.1 Å². The van der Waals surface area contributed by atoms with E-state index in [1.807, 2.05) is 26.0 Å². The van der Waals surface area contributed by atoms with Crippen LogP contribution >= 0.6 is 0 Å². The van der Waals surface area contributed by atoms with Crippen molar-refractivity contribution >= 4 is 5.78 Å². The van der Waals surface area contributed by atoms with Crippen molar-refractivity contribution in [2.24, 2.45) is 5.92 Å². The first-order valence-corrected chi connectivity index (χ1v) is 11.3. The van der Waals surface area contributed by atoms with Crippen molar-refractivity contribution in [3.63, 3.8) is 0 Å². The number of benzene rings is 1. The second-order valence-electron chi connectivity index (χ2n) is 8.26. The van der Waals surface area contributed by atoms with E-state index in [0.29, 0.717) is 36.9 Å². The van der Waals surface area contributed by atoms with Crippen molar-refractivity contribution in [2.45, 2.75) is 97.0 Å². The number of aliphatic hydroxyl groups is 2. The predicted molar refractivity (Wildman–Crippen MR) is 125 cm³/mol. The van der Waals surface area contributed by atoms with Crippen LogP contribution in [0.25, 0.3) is 0 Å². The molecule has 30 heavy (non-hydrogen) atoms. The summed E-state index contributed by atoms with van der Waals surface area (Å²) in [7, 11) is 0. The van der Waals surface area contributed by atoms with E-state index in [9.17, 15) is 15.0 Å². The second-order valence-corrected chi connectivity index (χ2v) is 8.26. The summed E-state index contributed by atoms with van der Waals surface area (Å²) in [4.78, 5) is 11.2. The summed E-state index contributed by atoms with van der Waals surface area (Å²) in [6.45, 7) is 6.43. The minimum Gasteiger partial charge on any atom is -0.508 e. The fourth-order valence-corrected chi connectivity index (χ4v) is 3.69. The molecule has 3 N–H and O–H groups in total. The van der Waals surface area contributed by atoms with Gasteiger partial charge in [0, 0.05) is 25.4 Å². The number of hydrogen-bond acceptors (Lipinski definition) is 4. The van der Waals surface area contributed by atoms with E-state index < -0.39 is 6.10 Å². The lowest BCUT2D eigenvalue weighted by molar-refractivity contribution is -0.117. The lowest BCUT2D eigenvalue weighted by Gasteiger charge is -2.21. The van der Waals surface area contributed by atoms with Crippen molar-refractivity contribution in [3.8, 4) is 18.6 Å². The molecule has 1 fully saturated rings. The van der Waals surface area contributed by atoms with Crippen LogP contribution in [0.2, 0.25) is 0 Å². The number of aromatic hydroxyl groups is 1. The molecule has 1 aliphatic rings. The zero-order valence-electron chi connectivity index (χ0n) is 19.1. The van der Waals surface area contributed by atoms with Crippen LogP contribution in [0.15, 0.2) is 18.2 Å². The standard InChI is InChI=1S/C17H24O3.C7H16O.C2H2/c1-11-9-14(5-8-16(11)19)12(2)17(20)7-4-13-3-6-15(18)10-13;1-2-3-4-5-6-7-8;1-2/h5,8-9,12-13,17,19-20H,3-4,6-7,10H2,1-2H3;8H,2-7H2,1H3;1-2H/t12?,13-,17?;;/m1../s1. The van der Waals surface area contributed by atoms with Crippen LogP contribution in [0.4, 0.5) is 0 Å². The van der Waals surface area contributed by atoms with E-state index in [2.05, 4.69) is 19.8 Å². The Morgan fingerprint density at radius 1 is 1.17 bits per heavy atom. The highest BCUT2D eigenvalue weighted by atomic mass is 16.3. The first kappa shape index (κ1) is 28.2. The second kappa shape index (κ2) is 16.9. The number of rotatable bonds is 10. The number of carbonyl (C=O) groups excluding carboxylic acids is 1. The van der Waals surface area contributed by atoms with Crippen molar-refractivity contribution < 1.29 is 20.1 Å². The van der Waals surface area contributed by atoms with E-state index in [0.717, 1.165) is 36.8 Å². The van der Waals surface area contributed by atoms with Crippen LogP contribution in [0.3, 0.4) is 0 Å². The van der Waals surface area contributed by atoms with Gasteiger partial charge in [0.05, 0.1) is 6.10 Å². The molecule has 0 bridgehead atoms. The quantitative estimate of drug-likeness (QED) is 0.346. The van der Waals surface area contributed by atoms with Gasteiger partial charge in [-0.05, 0) is 55.7 Å². The van der Waals surface area contributed by atoms with Crippen molar-refractivity contribution in [3.05, 3.63) is 29.3 Å². The first-order valence-electron chi connectivity index (χ1n) is 11.3. The van der Waals surface area contributed by atoms with Crippen LogP contribution in [-0.4, -0.2) is 33.8 Å². The lowest BCUT2D eigenvalue weighted by atomic mass is 9.89. The molecule has 1 saturated carbocycles. The van der Waals surface area contributed by atoms with Crippen LogP contribution in [0.5, 0.6) is 5.75 Å². The summed E-state index contributed by atoms with van der Waals surface area (Å²) in [5, 5.41) is 28.2. The topological polar surface area (TPSA) is 77.8 Å². The Kier molecular flexibility index (Phi) is 15.9. The normalized spacial score (nSPS) is 17.3. The third-order valence-electron chi connectivity index (χ3n) is 5.80. The molecular formula is C26H42O4. The number of phenolic OH excluding ortho intramolecular Hbond substituents is 1. The maximum absolute atomic E-state index is 11.2. The predicted octanol–water partition coefficient (Wildman–Crippen LogP) is 5.51. The summed E-state index contributed by atoms with van der Waals surface area (Å²) in [5.41, 5.74) is 1.89. The fourth-order valence-electron chi connectivity index (χ4n) is 3.69. The molecule has 4 nitrogen and oxygen atoms in total. The summed E-state index contributed by atoms with van der Waals surface area (Å²) in [5.74, 6) is 1.17.